The largest absolute Gasteiger partial charge is 0.295 e. The highest BCUT2D eigenvalue weighted by Gasteiger charge is 2.12. The van der Waals surface area contributed by atoms with Gasteiger partial charge < -0.3 is 0 Å². The highest BCUT2D eigenvalue weighted by Crippen LogP contribution is 2.25. The molecule has 0 radical (unpaired) electrons. The van der Waals surface area contributed by atoms with Gasteiger partial charge in [0, 0.05) is 10.7 Å². The Balaban J connectivity index is 2.33. The minimum Gasteiger partial charge on any atom is -0.295 e. The third kappa shape index (κ3) is 2.14. The maximum absolute atomic E-state index is 9.02. The average Bonchev–Trinajstić information content (AvgIpc) is 2.85. The number of nitrogens with zero attached hydrogens (tertiary/aromatic N) is 3. The van der Waals surface area contributed by atoms with Gasteiger partial charge in [-0.3, -0.25) is 4.57 Å². The fourth-order valence-corrected chi connectivity index (χ4v) is 2.54. The lowest BCUT2D eigenvalue weighted by Crippen LogP contribution is -1.99. The molecule has 3 rings (SSSR count). The van der Waals surface area contributed by atoms with Gasteiger partial charge in [-0.2, -0.15) is 5.26 Å². The Morgan fingerprint density at radius 1 is 1.20 bits per heavy atom. The number of imidazole rings is 1. The van der Waals surface area contributed by atoms with E-state index in [2.05, 4.69) is 11.1 Å². The third-order valence-corrected chi connectivity index (χ3v) is 3.51. The SMILES string of the molecule is N#Cc1cccc(-n2c(CCl)nc3ccc(Cl)cc32)c1. The lowest BCUT2D eigenvalue weighted by Gasteiger charge is -2.08. The van der Waals surface area contributed by atoms with Crippen molar-refractivity contribution in [3.8, 4) is 11.8 Å². The average molecular weight is 302 g/mol. The monoisotopic (exact) mass is 301 g/mol. The first-order valence-electron chi connectivity index (χ1n) is 5.96. The molecular formula is C15H9Cl2N3. The first-order chi connectivity index (χ1) is 9.72. The Labute approximate surface area is 126 Å². The topological polar surface area (TPSA) is 41.6 Å². The summed E-state index contributed by atoms with van der Waals surface area (Å²) in [4.78, 5) is 4.49. The summed E-state index contributed by atoms with van der Waals surface area (Å²) in [6.45, 7) is 0. The van der Waals surface area contributed by atoms with Gasteiger partial charge in [0.25, 0.3) is 0 Å². The molecule has 0 bridgehead atoms. The van der Waals surface area contributed by atoms with Gasteiger partial charge in [0.05, 0.1) is 28.5 Å². The molecule has 1 heterocycles. The molecule has 0 atom stereocenters. The van der Waals surface area contributed by atoms with E-state index < -0.39 is 0 Å². The summed E-state index contributed by atoms with van der Waals surface area (Å²) in [5.74, 6) is 1.00. The molecule has 3 aromatic rings. The standard InChI is InChI=1S/C15H9Cl2N3/c16-8-15-19-13-5-4-11(17)7-14(13)20(15)12-3-1-2-10(6-12)9-18/h1-7H,8H2. The van der Waals surface area contributed by atoms with Crippen LogP contribution >= 0.6 is 23.2 Å². The maximum atomic E-state index is 9.02. The van der Waals surface area contributed by atoms with Crippen LogP contribution in [0.3, 0.4) is 0 Å². The summed E-state index contributed by atoms with van der Waals surface area (Å²) in [5.41, 5.74) is 3.15. The summed E-state index contributed by atoms with van der Waals surface area (Å²) >= 11 is 12.0. The van der Waals surface area contributed by atoms with Crippen molar-refractivity contribution in [2.45, 2.75) is 5.88 Å². The number of alkyl halides is 1. The van der Waals surface area contributed by atoms with Crippen LogP contribution in [0.15, 0.2) is 42.5 Å². The minimum absolute atomic E-state index is 0.281. The van der Waals surface area contributed by atoms with Crippen molar-refractivity contribution in [2.24, 2.45) is 0 Å². The van der Waals surface area contributed by atoms with Gasteiger partial charge in [-0.15, -0.1) is 11.6 Å². The van der Waals surface area contributed by atoms with Crippen LogP contribution < -0.4 is 0 Å². The molecule has 1 aromatic heterocycles. The Bertz CT molecular complexity index is 831. The van der Waals surface area contributed by atoms with Crippen LogP contribution in [0, 0.1) is 11.3 Å². The van der Waals surface area contributed by atoms with Crippen molar-refractivity contribution < 1.29 is 0 Å². The summed E-state index contributed by atoms with van der Waals surface area (Å²) in [6.07, 6.45) is 0. The van der Waals surface area contributed by atoms with Gasteiger partial charge in [-0.1, -0.05) is 17.7 Å². The molecule has 0 fully saturated rings. The van der Waals surface area contributed by atoms with Crippen molar-refractivity contribution in [2.75, 3.05) is 0 Å². The van der Waals surface area contributed by atoms with E-state index in [1.54, 1.807) is 18.2 Å². The number of nitriles is 1. The van der Waals surface area contributed by atoms with E-state index in [0.29, 0.717) is 10.6 Å². The van der Waals surface area contributed by atoms with Crippen molar-refractivity contribution in [3.05, 3.63) is 58.9 Å². The second-order valence-corrected chi connectivity index (χ2v) is 5.00. The molecule has 0 saturated carbocycles. The molecule has 0 aliphatic heterocycles. The molecule has 3 nitrogen and oxygen atoms in total. The fourth-order valence-electron chi connectivity index (χ4n) is 2.19. The summed E-state index contributed by atoms with van der Waals surface area (Å²) in [7, 11) is 0. The second-order valence-electron chi connectivity index (χ2n) is 4.29. The van der Waals surface area contributed by atoms with Gasteiger partial charge in [-0.25, -0.2) is 4.98 Å². The van der Waals surface area contributed by atoms with Crippen molar-refractivity contribution in [3.63, 3.8) is 0 Å². The highest BCUT2D eigenvalue weighted by atomic mass is 35.5. The molecule has 0 amide bonds. The normalized spacial score (nSPS) is 10.7. The molecule has 0 saturated heterocycles. The van der Waals surface area contributed by atoms with E-state index in [0.717, 1.165) is 22.5 Å². The van der Waals surface area contributed by atoms with Gasteiger partial charge in [0.15, 0.2) is 0 Å². The molecular weight excluding hydrogens is 293 g/mol. The molecule has 20 heavy (non-hydrogen) atoms. The van der Waals surface area contributed by atoms with Gasteiger partial charge in [0.2, 0.25) is 0 Å². The van der Waals surface area contributed by atoms with E-state index in [9.17, 15) is 0 Å². The van der Waals surface area contributed by atoms with Crippen LogP contribution in [0.1, 0.15) is 11.4 Å². The molecule has 0 aliphatic carbocycles. The first-order valence-corrected chi connectivity index (χ1v) is 6.87. The Kier molecular flexibility index (Phi) is 3.35. The van der Waals surface area contributed by atoms with Crippen molar-refractivity contribution in [1.29, 1.82) is 5.26 Å². The molecule has 0 unspecified atom stereocenters. The number of fused-ring (bicyclic) bond motifs is 1. The maximum Gasteiger partial charge on any atom is 0.129 e. The summed E-state index contributed by atoms with van der Waals surface area (Å²) in [5, 5.41) is 9.66. The van der Waals surface area contributed by atoms with Gasteiger partial charge in [-0.05, 0) is 36.4 Å². The Hall–Kier alpha value is -2.02. The van der Waals surface area contributed by atoms with Crippen LogP contribution in [0.25, 0.3) is 16.7 Å². The van der Waals surface area contributed by atoms with E-state index in [4.69, 9.17) is 28.5 Å². The fraction of sp³-hybridized carbons (Fsp3) is 0.0667. The van der Waals surface area contributed by atoms with E-state index >= 15 is 0 Å². The number of hydrogen-bond acceptors (Lipinski definition) is 2. The quantitative estimate of drug-likeness (QED) is 0.663. The molecule has 98 valence electrons. The summed E-state index contributed by atoms with van der Waals surface area (Å²) < 4.78 is 1.93. The first kappa shape index (κ1) is 13.0. The molecule has 0 aliphatic rings. The van der Waals surface area contributed by atoms with E-state index in [1.807, 2.05) is 28.8 Å². The van der Waals surface area contributed by atoms with E-state index in [-0.39, 0.29) is 5.88 Å². The minimum atomic E-state index is 0.281. The van der Waals surface area contributed by atoms with Gasteiger partial charge in [0.1, 0.15) is 5.82 Å². The summed E-state index contributed by atoms with van der Waals surface area (Å²) in [6, 6.07) is 15.0. The Morgan fingerprint density at radius 3 is 2.80 bits per heavy atom. The number of halogens is 2. The van der Waals surface area contributed by atoms with Crippen molar-refractivity contribution >= 4 is 34.2 Å². The van der Waals surface area contributed by atoms with Crippen LogP contribution in [0.2, 0.25) is 5.02 Å². The zero-order chi connectivity index (χ0) is 14.1. The van der Waals surface area contributed by atoms with Crippen LogP contribution in [0.4, 0.5) is 0 Å². The number of aromatic nitrogens is 2. The lowest BCUT2D eigenvalue weighted by atomic mass is 10.2. The zero-order valence-corrected chi connectivity index (χ0v) is 11.9. The molecule has 0 N–H and O–H groups in total. The Morgan fingerprint density at radius 2 is 2.05 bits per heavy atom. The molecule has 2 aromatic carbocycles. The van der Waals surface area contributed by atoms with Crippen LogP contribution in [-0.4, -0.2) is 9.55 Å². The molecule has 0 spiro atoms. The van der Waals surface area contributed by atoms with Crippen LogP contribution in [-0.2, 0) is 5.88 Å². The smallest absolute Gasteiger partial charge is 0.129 e. The predicted molar refractivity (Wildman–Crippen MR) is 80.4 cm³/mol. The third-order valence-electron chi connectivity index (χ3n) is 3.04. The zero-order valence-electron chi connectivity index (χ0n) is 10.3. The number of rotatable bonds is 2. The lowest BCUT2D eigenvalue weighted by molar-refractivity contribution is 0.981. The second kappa shape index (κ2) is 5.16. The van der Waals surface area contributed by atoms with Gasteiger partial charge >= 0.3 is 0 Å². The number of benzene rings is 2. The number of hydrogen-bond donors (Lipinski definition) is 0. The van der Waals surface area contributed by atoms with E-state index in [1.165, 1.54) is 0 Å². The predicted octanol–water partition coefficient (Wildman–Crippen LogP) is 4.29. The van der Waals surface area contributed by atoms with Crippen molar-refractivity contribution in [1.82, 2.24) is 9.55 Å². The van der Waals surface area contributed by atoms with Crippen LogP contribution in [0.5, 0.6) is 0 Å². The molecule has 5 heteroatoms. The highest BCUT2D eigenvalue weighted by molar-refractivity contribution is 6.31.